The van der Waals surface area contributed by atoms with E-state index in [0.29, 0.717) is 13.0 Å². The Morgan fingerprint density at radius 1 is 1.73 bits per heavy atom. The van der Waals surface area contributed by atoms with E-state index in [1.54, 1.807) is 0 Å². The second-order valence-corrected chi connectivity index (χ2v) is 2.87. The van der Waals surface area contributed by atoms with Gasteiger partial charge in [-0.05, 0) is 13.3 Å². The van der Waals surface area contributed by atoms with E-state index in [4.69, 9.17) is 5.11 Å². The molecule has 1 N–H and O–H groups in total. The molecule has 0 aromatic carbocycles. The van der Waals surface area contributed by atoms with Gasteiger partial charge in [-0.15, -0.1) is 0 Å². The van der Waals surface area contributed by atoms with Gasteiger partial charge in [0.25, 0.3) is 5.91 Å². The van der Waals surface area contributed by atoms with E-state index >= 15 is 0 Å². The Morgan fingerprint density at radius 3 is 2.73 bits per heavy atom. The summed E-state index contributed by atoms with van der Waals surface area (Å²) in [4.78, 5) is 12.4. The molecule has 4 nitrogen and oxygen atoms in total. The predicted octanol–water partition coefficient (Wildman–Crippen LogP) is -0.601. The Morgan fingerprint density at radius 2 is 2.36 bits per heavy atom. The van der Waals surface area contributed by atoms with Crippen molar-refractivity contribution in [1.82, 2.24) is 4.90 Å². The minimum Gasteiger partial charge on any atom is -0.384 e. The maximum Gasteiger partial charge on any atom is 0.251 e. The molecule has 0 aromatic rings. The number of aliphatic hydroxyl groups excluding tert-OH is 1. The topological polar surface area (TPSA) is 60.4 Å². The monoisotopic (exact) mass is 158 g/mol. The Kier molecular flexibility index (Phi) is 2.46. The summed E-state index contributed by atoms with van der Waals surface area (Å²) in [6, 6.07) is 0. The van der Waals surface area contributed by atoms with E-state index in [9.17, 15) is 9.90 Å². The normalized spacial score (nSPS) is 27.2. The third-order valence-corrected chi connectivity index (χ3v) is 1.81. The lowest BCUT2D eigenvalue weighted by Gasteiger charge is -2.16. The molecule has 0 bridgehead atoms. The highest BCUT2D eigenvalue weighted by molar-refractivity contribution is 5.80. The van der Waals surface area contributed by atoms with Crippen LogP contribution in [0.5, 0.6) is 0 Å². The average molecular weight is 158 g/mol. The molecule has 63 valence electrons. The SMILES string of the molecule is CC(O)C(=O)N1CCC([O])C1. The van der Waals surface area contributed by atoms with Crippen LogP contribution in [0.1, 0.15) is 13.3 Å². The first-order valence-electron chi connectivity index (χ1n) is 3.74. The van der Waals surface area contributed by atoms with Crippen molar-refractivity contribution in [3.8, 4) is 0 Å². The van der Waals surface area contributed by atoms with Crippen LogP contribution in [-0.4, -0.2) is 41.2 Å². The first kappa shape index (κ1) is 8.49. The third-order valence-electron chi connectivity index (χ3n) is 1.81. The van der Waals surface area contributed by atoms with Crippen molar-refractivity contribution in [2.24, 2.45) is 0 Å². The number of hydrogen-bond donors (Lipinski definition) is 1. The zero-order valence-corrected chi connectivity index (χ0v) is 6.49. The lowest BCUT2D eigenvalue weighted by molar-refractivity contribution is -0.138. The van der Waals surface area contributed by atoms with Crippen LogP contribution in [0.25, 0.3) is 0 Å². The van der Waals surface area contributed by atoms with Crippen LogP contribution in [0.15, 0.2) is 0 Å². The molecule has 0 aromatic heterocycles. The van der Waals surface area contributed by atoms with Gasteiger partial charge < -0.3 is 10.0 Å². The van der Waals surface area contributed by atoms with Crippen LogP contribution in [0.3, 0.4) is 0 Å². The standard InChI is InChI=1S/C7H12NO3/c1-5(9)7(11)8-3-2-6(10)4-8/h5-6,9H,2-4H2,1H3. The molecule has 1 heterocycles. The van der Waals surface area contributed by atoms with Gasteiger partial charge in [-0.25, -0.2) is 5.11 Å². The van der Waals surface area contributed by atoms with Gasteiger partial charge in [0.15, 0.2) is 0 Å². The molecule has 2 atom stereocenters. The zero-order chi connectivity index (χ0) is 8.43. The number of nitrogens with zero attached hydrogens (tertiary/aromatic N) is 1. The Bertz CT molecular complexity index is 158. The molecule has 1 fully saturated rings. The Labute approximate surface area is 65.4 Å². The molecule has 1 amide bonds. The molecule has 2 unspecified atom stereocenters. The number of aliphatic hydroxyl groups is 1. The molecular formula is C7H12NO3. The van der Waals surface area contributed by atoms with Gasteiger partial charge in [0, 0.05) is 6.54 Å². The van der Waals surface area contributed by atoms with Crippen molar-refractivity contribution in [3.05, 3.63) is 0 Å². The molecule has 1 rings (SSSR count). The highest BCUT2D eigenvalue weighted by Gasteiger charge is 2.27. The van der Waals surface area contributed by atoms with E-state index in [2.05, 4.69) is 0 Å². The third kappa shape index (κ3) is 1.91. The van der Waals surface area contributed by atoms with E-state index in [-0.39, 0.29) is 12.5 Å². The summed E-state index contributed by atoms with van der Waals surface area (Å²) in [6.45, 7) is 2.17. The maximum atomic E-state index is 11.0. The number of amides is 1. The fourth-order valence-electron chi connectivity index (χ4n) is 1.19. The van der Waals surface area contributed by atoms with Crippen LogP contribution in [0.4, 0.5) is 0 Å². The van der Waals surface area contributed by atoms with Gasteiger partial charge in [0.05, 0.1) is 6.54 Å². The number of carbonyl (C=O) groups excluding carboxylic acids is 1. The Hall–Kier alpha value is -0.610. The molecular weight excluding hydrogens is 146 g/mol. The first-order chi connectivity index (χ1) is 5.11. The lowest BCUT2D eigenvalue weighted by atomic mass is 10.3. The Balaban J connectivity index is 2.43. The number of likely N-dealkylation sites (tertiary alicyclic amines) is 1. The summed E-state index contributed by atoms with van der Waals surface area (Å²) < 4.78 is 0. The van der Waals surface area contributed by atoms with Crippen LogP contribution in [0.2, 0.25) is 0 Å². The molecule has 4 heteroatoms. The number of hydrogen-bond acceptors (Lipinski definition) is 2. The van der Waals surface area contributed by atoms with E-state index in [1.807, 2.05) is 0 Å². The van der Waals surface area contributed by atoms with E-state index < -0.39 is 12.2 Å². The number of rotatable bonds is 1. The zero-order valence-electron chi connectivity index (χ0n) is 6.49. The summed E-state index contributed by atoms with van der Waals surface area (Å²) in [6.07, 6.45) is -1.11. The first-order valence-corrected chi connectivity index (χ1v) is 3.74. The molecule has 1 radical (unpaired) electrons. The second kappa shape index (κ2) is 3.19. The second-order valence-electron chi connectivity index (χ2n) is 2.87. The lowest BCUT2D eigenvalue weighted by Crippen LogP contribution is -2.36. The summed E-state index contributed by atoms with van der Waals surface area (Å²) in [5.74, 6) is -0.330. The number of carbonyl (C=O) groups is 1. The van der Waals surface area contributed by atoms with Gasteiger partial charge in [-0.1, -0.05) is 0 Å². The van der Waals surface area contributed by atoms with E-state index in [0.717, 1.165) is 0 Å². The molecule has 1 aliphatic rings. The fourth-order valence-corrected chi connectivity index (χ4v) is 1.19. The molecule has 0 aliphatic carbocycles. The maximum absolute atomic E-state index is 11.0. The van der Waals surface area contributed by atoms with Crippen molar-refractivity contribution >= 4 is 5.91 Å². The van der Waals surface area contributed by atoms with Crippen molar-refractivity contribution in [1.29, 1.82) is 0 Å². The van der Waals surface area contributed by atoms with Crippen molar-refractivity contribution in [3.63, 3.8) is 0 Å². The minimum absolute atomic E-state index is 0.254. The van der Waals surface area contributed by atoms with E-state index in [1.165, 1.54) is 11.8 Å². The minimum atomic E-state index is -0.972. The summed E-state index contributed by atoms with van der Waals surface area (Å²) >= 11 is 0. The van der Waals surface area contributed by atoms with Crippen molar-refractivity contribution in [2.45, 2.75) is 25.6 Å². The smallest absolute Gasteiger partial charge is 0.251 e. The molecule has 0 saturated carbocycles. The van der Waals surface area contributed by atoms with Gasteiger partial charge >= 0.3 is 0 Å². The molecule has 11 heavy (non-hydrogen) atoms. The largest absolute Gasteiger partial charge is 0.384 e. The highest BCUT2D eigenvalue weighted by atomic mass is 16.3. The fraction of sp³-hybridized carbons (Fsp3) is 0.857. The predicted molar refractivity (Wildman–Crippen MR) is 37.4 cm³/mol. The van der Waals surface area contributed by atoms with Crippen molar-refractivity contribution in [2.75, 3.05) is 13.1 Å². The summed E-state index contributed by atoms with van der Waals surface area (Å²) in [5, 5.41) is 19.7. The van der Waals surface area contributed by atoms with Crippen LogP contribution < -0.4 is 0 Å². The van der Waals surface area contributed by atoms with Gasteiger partial charge in [0.1, 0.15) is 12.2 Å². The van der Waals surface area contributed by atoms with Gasteiger partial charge in [0.2, 0.25) is 0 Å². The molecule has 1 aliphatic heterocycles. The van der Waals surface area contributed by atoms with Gasteiger partial charge in [-0.3, -0.25) is 4.79 Å². The van der Waals surface area contributed by atoms with Crippen molar-refractivity contribution < 1.29 is 15.0 Å². The molecule has 0 spiro atoms. The summed E-state index contributed by atoms with van der Waals surface area (Å²) in [5.41, 5.74) is 0. The summed E-state index contributed by atoms with van der Waals surface area (Å²) in [7, 11) is 0. The van der Waals surface area contributed by atoms with Crippen LogP contribution in [0, 0.1) is 0 Å². The van der Waals surface area contributed by atoms with Crippen LogP contribution in [-0.2, 0) is 9.90 Å². The average Bonchev–Trinajstić information content (AvgIpc) is 2.34. The molecule has 1 saturated heterocycles. The van der Waals surface area contributed by atoms with Crippen LogP contribution >= 0.6 is 0 Å². The quantitative estimate of drug-likeness (QED) is 0.554. The van der Waals surface area contributed by atoms with Gasteiger partial charge in [-0.2, -0.15) is 0 Å². The highest BCUT2D eigenvalue weighted by Crippen LogP contribution is 2.10.